The number of anilines is 1. The summed E-state index contributed by atoms with van der Waals surface area (Å²) >= 11 is 6.55. The third-order valence-electron chi connectivity index (χ3n) is 8.79. The molecule has 0 bridgehead atoms. The van der Waals surface area contributed by atoms with E-state index in [1.54, 1.807) is 6.07 Å². The number of aromatic nitrogens is 3. The Balaban J connectivity index is 1.17. The molecule has 1 aromatic carbocycles. The van der Waals surface area contributed by atoms with Crippen molar-refractivity contribution in [2.24, 2.45) is 0 Å². The SMILES string of the molecule is C=C1CCCN1C1CCN(c2ccc3c(C(=O)NCC(c4cnc(C(F)(F)F)nc4)N4CCOCC4)c(Cl)ccc3n2)CC1. The van der Waals surface area contributed by atoms with Crippen LogP contribution >= 0.6 is 11.6 Å². The van der Waals surface area contributed by atoms with Crippen LogP contribution < -0.4 is 10.2 Å². The topological polar surface area (TPSA) is 86.7 Å². The Bertz CT molecular complexity index is 1510. The normalized spacial score (nSPS) is 19.5. The van der Waals surface area contributed by atoms with Crippen molar-refractivity contribution in [1.82, 2.24) is 30.1 Å². The van der Waals surface area contributed by atoms with E-state index in [-0.39, 0.29) is 11.6 Å². The molecule has 3 aliphatic heterocycles. The number of hydrogen-bond donors (Lipinski definition) is 1. The van der Waals surface area contributed by atoms with Crippen molar-refractivity contribution in [3.63, 3.8) is 0 Å². The van der Waals surface area contributed by atoms with Gasteiger partial charge in [0.05, 0.1) is 35.4 Å². The van der Waals surface area contributed by atoms with Crippen LogP contribution in [-0.4, -0.2) is 89.2 Å². The van der Waals surface area contributed by atoms with Crippen molar-refractivity contribution in [3.05, 3.63) is 70.9 Å². The predicted octanol–water partition coefficient (Wildman–Crippen LogP) is 5.08. The number of halogens is 4. The first-order valence-corrected chi connectivity index (χ1v) is 15.3. The predicted molar refractivity (Wildman–Crippen MR) is 162 cm³/mol. The van der Waals surface area contributed by atoms with E-state index >= 15 is 0 Å². The van der Waals surface area contributed by atoms with E-state index in [1.165, 1.54) is 24.5 Å². The third-order valence-corrected chi connectivity index (χ3v) is 9.10. The molecule has 0 radical (unpaired) electrons. The van der Waals surface area contributed by atoms with E-state index in [2.05, 4.69) is 31.7 Å². The highest BCUT2D eigenvalue weighted by Gasteiger charge is 2.35. The van der Waals surface area contributed by atoms with Crippen LogP contribution in [0.15, 0.2) is 48.9 Å². The number of pyridine rings is 1. The summed E-state index contributed by atoms with van der Waals surface area (Å²) in [5.74, 6) is -0.741. The van der Waals surface area contributed by atoms with E-state index in [0.29, 0.717) is 54.4 Å². The summed E-state index contributed by atoms with van der Waals surface area (Å²) in [5, 5.41) is 3.87. The van der Waals surface area contributed by atoms with E-state index in [1.807, 2.05) is 23.1 Å². The first-order chi connectivity index (χ1) is 21.2. The van der Waals surface area contributed by atoms with Crippen LogP contribution in [0.1, 0.15) is 53.5 Å². The maximum atomic E-state index is 13.6. The Labute approximate surface area is 259 Å². The van der Waals surface area contributed by atoms with Crippen molar-refractivity contribution in [2.45, 2.75) is 43.9 Å². The molecule has 1 amide bonds. The van der Waals surface area contributed by atoms with Gasteiger partial charge in [0.25, 0.3) is 5.91 Å². The quantitative estimate of drug-likeness (QED) is 0.387. The molecule has 0 aliphatic carbocycles. The lowest BCUT2D eigenvalue weighted by Gasteiger charge is -2.38. The number of carbonyl (C=O) groups excluding carboxylic acids is 1. The summed E-state index contributed by atoms with van der Waals surface area (Å²) < 4.78 is 44.6. The van der Waals surface area contributed by atoms with E-state index in [0.717, 1.165) is 44.7 Å². The molecule has 0 spiro atoms. The van der Waals surface area contributed by atoms with Crippen LogP contribution in [0.4, 0.5) is 19.0 Å². The molecule has 0 saturated carbocycles. The summed E-state index contributed by atoms with van der Waals surface area (Å²) in [7, 11) is 0. The minimum Gasteiger partial charge on any atom is -0.379 e. The third kappa shape index (κ3) is 6.47. The fourth-order valence-corrected chi connectivity index (χ4v) is 6.71. The number of amides is 1. The van der Waals surface area contributed by atoms with Crippen molar-refractivity contribution in [1.29, 1.82) is 0 Å². The van der Waals surface area contributed by atoms with Crippen LogP contribution in [0.2, 0.25) is 5.02 Å². The van der Waals surface area contributed by atoms with Crippen molar-refractivity contribution < 1.29 is 22.7 Å². The Hall–Kier alpha value is -3.48. The van der Waals surface area contributed by atoms with E-state index in [4.69, 9.17) is 21.3 Å². The number of ether oxygens (including phenoxy) is 1. The summed E-state index contributed by atoms with van der Waals surface area (Å²) in [5.41, 5.74) is 2.68. The molecule has 1 unspecified atom stereocenters. The van der Waals surface area contributed by atoms with Crippen LogP contribution in [0.5, 0.6) is 0 Å². The van der Waals surface area contributed by atoms with Gasteiger partial charge in [0.2, 0.25) is 5.82 Å². The largest absolute Gasteiger partial charge is 0.451 e. The standard InChI is InChI=1S/C31H35ClF3N7O2/c1-20-3-2-10-42(20)22-8-11-41(12-9-22)27-7-4-23-25(39-27)6-5-24(32)28(23)29(43)36-19-26(40-13-15-44-16-14-40)21-17-37-30(38-18-21)31(33,34)35/h4-7,17-18,22,26H,1-3,8-16,19H2,(H,36,43). The Kier molecular flexibility index (Phi) is 8.93. The molecule has 44 heavy (non-hydrogen) atoms. The van der Waals surface area contributed by atoms with Crippen molar-refractivity contribution >= 4 is 34.2 Å². The minimum absolute atomic E-state index is 0.115. The zero-order chi connectivity index (χ0) is 30.8. The van der Waals surface area contributed by atoms with Crippen LogP contribution in [0.25, 0.3) is 10.9 Å². The van der Waals surface area contributed by atoms with Gasteiger partial charge in [0.15, 0.2) is 0 Å². The van der Waals surface area contributed by atoms with Crippen molar-refractivity contribution in [3.8, 4) is 0 Å². The number of piperidine rings is 1. The molecular formula is C31H35ClF3N7O2. The van der Waals surface area contributed by atoms with Gasteiger partial charge in [-0.1, -0.05) is 18.2 Å². The Morgan fingerprint density at radius 3 is 2.45 bits per heavy atom. The van der Waals surface area contributed by atoms with Gasteiger partial charge in [-0.05, 0) is 49.9 Å². The average Bonchev–Trinajstić information content (AvgIpc) is 3.47. The smallest absolute Gasteiger partial charge is 0.379 e. The first-order valence-electron chi connectivity index (χ1n) is 15.0. The molecule has 234 valence electrons. The number of fused-ring (bicyclic) bond motifs is 1. The number of morpholine rings is 1. The van der Waals surface area contributed by atoms with Crippen LogP contribution in [0, 0.1) is 0 Å². The molecule has 13 heteroatoms. The van der Waals surface area contributed by atoms with Gasteiger partial charge in [-0.25, -0.2) is 15.0 Å². The highest BCUT2D eigenvalue weighted by atomic mass is 35.5. The molecule has 1 atom stereocenters. The Morgan fingerprint density at radius 2 is 1.80 bits per heavy atom. The highest BCUT2D eigenvalue weighted by Crippen LogP contribution is 2.32. The molecule has 5 heterocycles. The van der Waals surface area contributed by atoms with E-state index in [9.17, 15) is 18.0 Å². The zero-order valence-corrected chi connectivity index (χ0v) is 25.1. The molecule has 3 saturated heterocycles. The zero-order valence-electron chi connectivity index (χ0n) is 24.3. The molecule has 2 aromatic heterocycles. The maximum Gasteiger partial charge on any atom is 0.451 e. The second-order valence-corrected chi connectivity index (χ2v) is 11.9. The number of rotatable bonds is 7. The van der Waals surface area contributed by atoms with Crippen LogP contribution in [0.3, 0.4) is 0 Å². The molecule has 1 N–H and O–H groups in total. The van der Waals surface area contributed by atoms with Gasteiger partial charge < -0.3 is 19.9 Å². The molecule has 3 aliphatic rings. The molecular weight excluding hydrogens is 595 g/mol. The van der Waals surface area contributed by atoms with Gasteiger partial charge in [-0.2, -0.15) is 13.2 Å². The summed E-state index contributed by atoms with van der Waals surface area (Å²) in [6, 6.07) is 7.37. The molecule has 6 rings (SSSR count). The van der Waals surface area contributed by atoms with E-state index < -0.39 is 23.9 Å². The Morgan fingerprint density at radius 1 is 1.07 bits per heavy atom. The summed E-state index contributed by atoms with van der Waals surface area (Å²) in [6.45, 7) is 9.27. The summed E-state index contributed by atoms with van der Waals surface area (Å²) in [6.07, 6.45) is 2.05. The fraction of sp³-hybridized carbons (Fsp3) is 0.484. The maximum absolute atomic E-state index is 13.6. The van der Waals surface area contributed by atoms with Gasteiger partial charge in [-0.3, -0.25) is 9.69 Å². The van der Waals surface area contributed by atoms with Gasteiger partial charge in [-0.15, -0.1) is 0 Å². The number of alkyl halides is 3. The van der Waals surface area contributed by atoms with Crippen LogP contribution in [-0.2, 0) is 10.9 Å². The molecule has 9 nitrogen and oxygen atoms in total. The number of hydrogen-bond acceptors (Lipinski definition) is 8. The number of nitrogens with zero attached hydrogens (tertiary/aromatic N) is 6. The number of nitrogens with one attached hydrogen (secondary N) is 1. The fourth-order valence-electron chi connectivity index (χ4n) is 6.46. The highest BCUT2D eigenvalue weighted by molar-refractivity contribution is 6.35. The minimum atomic E-state index is -4.64. The monoisotopic (exact) mass is 629 g/mol. The molecule has 3 aromatic rings. The average molecular weight is 630 g/mol. The molecule has 3 fully saturated rings. The van der Waals surface area contributed by atoms with Gasteiger partial charge in [0, 0.05) is 74.4 Å². The second-order valence-electron chi connectivity index (χ2n) is 11.5. The first kappa shape index (κ1) is 30.5. The number of likely N-dealkylation sites (tertiary alicyclic amines) is 1. The lowest BCUT2D eigenvalue weighted by Crippen LogP contribution is -2.44. The van der Waals surface area contributed by atoms with Crippen molar-refractivity contribution in [2.75, 3.05) is 57.4 Å². The second kappa shape index (κ2) is 12.9. The lowest BCUT2D eigenvalue weighted by molar-refractivity contribution is -0.145. The van der Waals surface area contributed by atoms with Gasteiger partial charge in [0.1, 0.15) is 5.82 Å². The lowest BCUT2D eigenvalue weighted by atomic mass is 10.0. The van der Waals surface area contributed by atoms with Gasteiger partial charge >= 0.3 is 6.18 Å². The number of benzene rings is 1. The number of carbonyl (C=O) groups is 1. The summed E-state index contributed by atoms with van der Waals surface area (Å²) in [4.78, 5) is 32.3. The number of allylic oxidation sites excluding steroid dienone is 1.